The summed E-state index contributed by atoms with van der Waals surface area (Å²) < 4.78 is 0.519. The first-order valence-corrected chi connectivity index (χ1v) is 11.3. The Kier molecular flexibility index (Phi) is 6.31. The summed E-state index contributed by atoms with van der Waals surface area (Å²) in [5.41, 5.74) is 2.06. The molecule has 1 fully saturated rings. The molecule has 128 valence electrons. The maximum absolute atomic E-state index is 12.6. The van der Waals surface area contributed by atoms with Gasteiger partial charge in [0.05, 0.1) is 10.6 Å². The fourth-order valence-electron chi connectivity index (χ4n) is 2.73. The van der Waals surface area contributed by atoms with Crippen LogP contribution < -0.4 is 5.32 Å². The van der Waals surface area contributed by atoms with Crippen molar-refractivity contribution in [3.8, 4) is 0 Å². The van der Waals surface area contributed by atoms with Crippen LogP contribution in [-0.2, 0) is 0 Å². The second-order valence-electron chi connectivity index (χ2n) is 6.26. The van der Waals surface area contributed by atoms with Crippen molar-refractivity contribution < 1.29 is 4.79 Å². The second kappa shape index (κ2) is 8.45. The molecule has 1 aromatic carbocycles. The van der Waals surface area contributed by atoms with Crippen LogP contribution in [0, 0.1) is 5.92 Å². The van der Waals surface area contributed by atoms with E-state index >= 15 is 0 Å². The Morgan fingerprint density at radius 3 is 2.42 bits per heavy atom. The molecule has 0 saturated carbocycles. The minimum absolute atomic E-state index is 0.0117. The molecule has 1 amide bonds. The van der Waals surface area contributed by atoms with Crippen LogP contribution in [0.15, 0.2) is 41.8 Å². The van der Waals surface area contributed by atoms with Crippen molar-refractivity contribution in [2.24, 2.45) is 5.92 Å². The Bertz CT molecular complexity index is 646. The zero-order valence-electron chi connectivity index (χ0n) is 14.0. The highest BCUT2D eigenvalue weighted by atomic mass is 32.2. The molecule has 0 spiro atoms. The monoisotopic (exact) mass is 377 g/mol. The zero-order chi connectivity index (χ0) is 16.9. The summed E-state index contributed by atoms with van der Waals surface area (Å²) in [4.78, 5) is 13.8. The Balaban J connectivity index is 1.68. The van der Waals surface area contributed by atoms with Crippen LogP contribution in [0.3, 0.4) is 0 Å². The summed E-state index contributed by atoms with van der Waals surface area (Å²) in [7, 11) is 0. The molecule has 2 aromatic rings. The van der Waals surface area contributed by atoms with Crippen molar-refractivity contribution in [3.05, 3.63) is 57.8 Å². The first-order valence-electron chi connectivity index (χ1n) is 8.32. The third-order valence-electron chi connectivity index (χ3n) is 4.08. The van der Waals surface area contributed by atoms with Gasteiger partial charge in [0.2, 0.25) is 0 Å². The SMILES string of the molecule is CC(C)[C@H](NC(=O)c1ccc(C2SCCCS2)cc1)c1cccs1. The van der Waals surface area contributed by atoms with E-state index in [0.717, 1.165) is 5.56 Å². The lowest BCUT2D eigenvalue weighted by atomic mass is 10.0. The molecule has 2 heterocycles. The van der Waals surface area contributed by atoms with Crippen molar-refractivity contribution in [1.82, 2.24) is 5.32 Å². The molecule has 1 atom stereocenters. The third-order valence-corrected chi connectivity index (χ3v) is 8.05. The van der Waals surface area contributed by atoms with Crippen molar-refractivity contribution >= 4 is 40.8 Å². The zero-order valence-corrected chi connectivity index (χ0v) is 16.5. The lowest BCUT2D eigenvalue weighted by Gasteiger charge is -2.22. The van der Waals surface area contributed by atoms with Gasteiger partial charge in [0.15, 0.2) is 0 Å². The number of nitrogens with one attached hydrogen (secondary N) is 1. The Morgan fingerprint density at radius 2 is 1.83 bits per heavy atom. The van der Waals surface area contributed by atoms with Gasteiger partial charge in [0.1, 0.15) is 0 Å². The van der Waals surface area contributed by atoms with Crippen LogP contribution >= 0.6 is 34.9 Å². The maximum atomic E-state index is 12.6. The fraction of sp³-hybridized carbons (Fsp3) is 0.421. The van der Waals surface area contributed by atoms with E-state index in [1.165, 1.54) is 28.4 Å². The Morgan fingerprint density at radius 1 is 1.12 bits per heavy atom. The van der Waals surface area contributed by atoms with E-state index < -0.39 is 0 Å². The summed E-state index contributed by atoms with van der Waals surface area (Å²) in [6.07, 6.45) is 1.30. The van der Waals surface area contributed by atoms with Gasteiger partial charge < -0.3 is 5.32 Å². The summed E-state index contributed by atoms with van der Waals surface area (Å²) >= 11 is 5.71. The average molecular weight is 378 g/mol. The normalized spacial score (nSPS) is 17.0. The molecule has 0 radical (unpaired) electrons. The molecule has 2 nitrogen and oxygen atoms in total. The first kappa shape index (κ1) is 17.9. The lowest BCUT2D eigenvalue weighted by Crippen LogP contribution is -2.31. The van der Waals surface area contributed by atoms with E-state index in [4.69, 9.17) is 0 Å². The van der Waals surface area contributed by atoms with E-state index in [-0.39, 0.29) is 11.9 Å². The number of carbonyl (C=O) groups is 1. The number of carbonyl (C=O) groups excluding carboxylic acids is 1. The van der Waals surface area contributed by atoms with Crippen LogP contribution in [0.2, 0.25) is 0 Å². The van der Waals surface area contributed by atoms with E-state index in [1.807, 2.05) is 41.7 Å². The fourth-order valence-corrected chi connectivity index (χ4v) is 6.57. The average Bonchev–Trinajstić information content (AvgIpc) is 3.14. The number of thioether (sulfide) groups is 2. The number of thiophene rings is 1. The number of hydrogen-bond donors (Lipinski definition) is 1. The van der Waals surface area contributed by atoms with Gasteiger partial charge in [-0.15, -0.1) is 34.9 Å². The second-order valence-corrected chi connectivity index (χ2v) is 9.96. The molecule has 1 N–H and O–H groups in total. The Labute approximate surface area is 156 Å². The van der Waals surface area contributed by atoms with Crippen molar-refractivity contribution in [2.45, 2.75) is 30.9 Å². The first-order chi connectivity index (χ1) is 11.6. The molecule has 1 saturated heterocycles. The molecular weight excluding hydrogens is 354 g/mol. The van der Waals surface area contributed by atoms with Gasteiger partial charge in [0, 0.05) is 10.4 Å². The lowest BCUT2D eigenvalue weighted by molar-refractivity contribution is 0.0926. The van der Waals surface area contributed by atoms with Gasteiger partial charge in [-0.2, -0.15) is 0 Å². The molecule has 1 aliphatic rings. The number of hydrogen-bond acceptors (Lipinski definition) is 4. The standard InChI is InChI=1S/C19H23NOS3/c1-13(2)17(16-5-3-10-22-16)20-18(21)14-6-8-15(9-7-14)19-23-11-4-12-24-19/h3,5-10,13,17,19H,4,11-12H2,1-2H3,(H,20,21)/t17-/m0/s1. The van der Waals surface area contributed by atoms with Gasteiger partial charge >= 0.3 is 0 Å². The van der Waals surface area contributed by atoms with E-state index in [2.05, 4.69) is 42.7 Å². The van der Waals surface area contributed by atoms with Crippen LogP contribution in [0.1, 0.15) is 51.7 Å². The molecule has 1 aromatic heterocycles. The van der Waals surface area contributed by atoms with Crippen molar-refractivity contribution in [2.75, 3.05) is 11.5 Å². The highest BCUT2D eigenvalue weighted by molar-refractivity contribution is 8.16. The Hall–Kier alpha value is -0.910. The highest BCUT2D eigenvalue weighted by Crippen LogP contribution is 2.43. The summed E-state index contributed by atoms with van der Waals surface area (Å²) in [5, 5.41) is 5.26. The van der Waals surface area contributed by atoms with Gasteiger partial charge in [-0.25, -0.2) is 0 Å². The quantitative estimate of drug-likeness (QED) is 0.720. The molecule has 0 unspecified atom stereocenters. The third kappa shape index (κ3) is 4.38. The number of benzene rings is 1. The van der Waals surface area contributed by atoms with E-state index in [1.54, 1.807) is 11.3 Å². The van der Waals surface area contributed by atoms with Crippen LogP contribution in [0.5, 0.6) is 0 Å². The van der Waals surface area contributed by atoms with Gasteiger partial charge in [-0.05, 0) is 53.0 Å². The topological polar surface area (TPSA) is 29.1 Å². The molecule has 0 aliphatic carbocycles. The van der Waals surface area contributed by atoms with Crippen LogP contribution in [-0.4, -0.2) is 17.4 Å². The minimum atomic E-state index is 0.0117. The van der Waals surface area contributed by atoms with Crippen LogP contribution in [0.25, 0.3) is 0 Å². The predicted molar refractivity (Wildman–Crippen MR) is 108 cm³/mol. The molecule has 0 bridgehead atoms. The highest BCUT2D eigenvalue weighted by Gasteiger charge is 2.21. The van der Waals surface area contributed by atoms with Gasteiger partial charge in [-0.1, -0.05) is 32.0 Å². The van der Waals surface area contributed by atoms with Crippen molar-refractivity contribution in [3.63, 3.8) is 0 Å². The minimum Gasteiger partial charge on any atom is -0.344 e. The van der Waals surface area contributed by atoms with Gasteiger partial charge in [-0.3, -0.25) is 4.79 Å². The summed E-state index contributed by atoms with van der Waals surface area (Å²) in [6.45, 7) is 4.29. The number of rotatable bonds is 5. The molecule has 24 heavy (non-hydrogen) atoms. The van der Waals surface area contributed by atoms with Crippen LogP contribution in [0.4, 0.5) is 0 Å². The van der Waals surface area contributed by atoms with E-state index in [0.29, 0.717) is 10.5 Å². The number of amides is 1. The summed E-state index contributed by atoms with van der Waals surface area (Å²) in [6, 6.07) is 12.4. The molecule has 5 heteroatoms. The summed E-state index contributed by atoms with van der Waals surface area (Å²) in [5.74, 6) is 2.84. The van der Waals surface area contributed by atoms with Gasteiger partial charge in [0.25, 0.3) is 5.91 Å². The smallest absolute Gasteiger partial charge is 0.251 e. The largest absolute Gasteiger partial charge is 0.344 e. The molecular formula is C19H23NOS3. The molecule has 3 rings (SSSR count). The molecule has 1 aliphatic heterocycles. The van der Waals surface area contributed by atoms with E-state index in [9.17, 15) is 4.79 Å². The maximum Gasteiger partial charge on any atom is 0.251 e. The van der Waals surface area contributed by atoms with Crippen molar-refractivity contribution in [1.29, 1.82) is 0 Å². The predicted octanol–water partition coefficient (Wildman–Crippen LogP) is 5.74.